The summed E-state index contributed by atoms with van der Waals surface area (Å²) in [6.07, 6.45) is 0. The average molecular weight is 290 g/mol. The molecule has 0 saturated heterocycles. The molecule has 0 saturated carbocycles. The Bertz CT molecular complexity index is 610. The van der Waals surface area contributed by atoms with Gasteiger partial charge in [0.1, 0.15) is 11.5 Å². The van der Waals surface area contributed by atoms with Crippen LogP contribution < -0.4 is 10.1 Å². The summed E-state index contributed by atoms with van der Waals surface area (Å²) in [5, 5.41) is 3.82. The Kier molecular flexibility index (Phi) is 4.69. The third kappa shape index (κ3) is 3.33. The molecular formula is C17H20ClNO. The molecule has 1 atom stereocenters. The van der Waals surface area contributed by atoms with Crippen LogP contribution in [0.25, 0.3) is 0 Å². The van der Waals surface area contributed by atoms with Crippen LogP contribution >= 0.6 is 11.6 Å². The average Bonchev–Trinajstić information content (AvgIpc) is 2.44. The van der Waals surface area contributed by atoms with E-state index in [2.05, 4.69) is 32.2 Å². The molecule has 0 spiro atoms. The molecule has 2 rings (SSSR count). The van der Waals surface area contributed by atoms with E-state index in [1.807, 2.05) is 37.4 Å². The fourth-order valence-electron chi connectivity index (χ4n) is 1.94. The summed E-state index contributed by atoms with van der Waals surface area (Å²) >= 11 is 6.30. The van der Waals surface area contributed by atoms with Gasteiger partial charge in [-0.3, -0.25) is 0 Å². The summed E-state index contributed by atoms with van der Waals surface area (Å²) in [5.74, 6) is 1.49. The van der Waals surface area contributed by atoms with Gasteiger partial charge >= 0.3 is 0 Å². The summed E-state index contributed by atoms with van der Waals surface area (Å²) in [6, 6.07) is 12.2. The van der Waals surface area contributed by atoms with Crippen LogP contribution in [0.1, 0.15) is 29.7 Å². The lowest BCUT2D eigenvalue weighted by Gasteiger charge is -2.14. The Hall–Kier alpha value is -1.51. The third-order valence-corrected chi connectivity index (χ3v) is 3.89. The third-order valence-electron chi connectivity index (χ3n) is 3.60. The first-order valence-corrected chi connectivity index (χ1v) is 7.11. The van der Waals surface area contributed by atoms with E-state index in [-0.39, 0.29) is 6.04 Å². The molecule has 106 valence electrons. The molecule has 0 aliphatic rings. The molecule has 0 aromatic heterocycles. The summed E-state index contributed by atoms with van der Waals surface area (Å²) in [6.45, 7) is 6.25. The van der Waals surface area contributed by atoms with Crippen molar-refractivity contribution in [2.24, 2.45) is 0 Å². The lowest BCUT2D eigenvalue weighted by molar-refractivity contribution is 0.481. The van der Waals surface area contributed by atoms with Crippen molar-refractivity contribution in [3.63, 3.8) is 0 Å². The van der Waals surface area contributed by atoms with Gasteiger partial charge in [-0.1, -0.05) is 23.7 Å². The summed E-state index contributed by atoms with van der Waals surface area (Å²) in [4.78, 5) is 0. The molecule has 2 aromatic carbocycles. The van der Waals surface area contributed by atoms with E-state index in [4.69, 9.17) is 16.3 Å². The largest absolute Gasteiger partial charge is 0.456 e. The van der Waals surface area contributed by atoms with Crippen molar-refractivity contribution in [1.29, 1.82) is 0 Å². The number of halogens is 1. The molecule has 0 amide bonds. The zero-order valence-corrected chi connectivity index (χ0v) is 13.1. The van der Waals surface area contributed by atoms with Crippen LogP contribution in [-0.4, -0.2) is 7.05 Å². The van der Waals surface area contributed by atoms with Gasteiger partial charge in [-0.05, 0) is 68.8 Å². The van der Waals surface area contributed by atoms with Crippen molar-refractivity contribution in [3.05, 3.63) is 58.1 Å². The SMILES string of the molecule is CNC(C)c1ccc(Oc2ccc(C)c(C)c2)c(Cl)c1. The maximum absolute atomic E-state index is 6.30. The van der Waals surface area contributed by atoms with E-state index < -0.39 is 0 Å². The van der Waals surface area contributed by atoms with E-state index in [9.17, 15) is 0 Å². The second kappa shape index (κ2) is 6.29. The molecule has 2 nitrogen and oxygen atoms in total. The van der Waals surface area contributed by atoms with Gasteiger partial charge in [0.2, 0.25) is 0 Å². The highest BCUT2D eigenvalue weighted by Gasteiger charge is 2.08. The molecule has 0 heterocycles. The highest BCUT2D eigenvalue weighted by atomic mass is 35.5. The Morgan fingerprint density at radius 1 is 1.05 bits per heavy atom. The fourth-order valence-corrected chi connectivity index (χ4v) is 2.17. The first-order valence-electron chi connectivity index (χ1n) is 6.73. The van der Waals surface area contributed by atoms with Crippen LogP contribution in [0.5, 0.6) is 11.5 Å². The van der Waals surface area contributed by atoms with Crippen LogP contribution in [0.2, 0.25) is 5.02 Å². The highest BCUT2D eigenvalue weighted by molar-refractivity contribution is 6.32. The molecule has 3 heteroatoms. The zero-order valence-electron chi connectivity index (χ0n) is 12.3. The fraction of sp³-hybridized carbons (Fsp3) is 0.294. The minimum atomic E-state index is 0.267. The number of ether oxygens (including phenoxy) is 1. The first-order chi connectivity index (χ1) is 9.51. The molecule has 2 aromatic rings. The van der Waals surface area contributed by atoms with Crippen LogP contribution in [0.3, 0.4) is 0 Å². The Morgan fingerprint density at radius 3 is 2.40 bits per heavy atom. The van der Waals surface area contributed by atoms with Gasteiger partial charge in [-0.15, -0.1) is 0 Å². The topological polar surface area (TPSA) is 21.3 Å². The molecule has 0 fully saturated rings. The maximum atomic E-state index is 6.30. The molecular weight excluding hydrogens is 270 g/mol. The second-order valence-electron chi connectivity index (χ2n) is 5.05. The van der Waals surface area contributed by atoms with Gasteiger partial charge < -0.3 is 10.1 Å². The van der Waals surface area contributed by atoms with Crippen LogP contribution in [-0.2, 0) is 0 Å². The van der Waals surface area contributed by atoms with Crippen LogP contribution in [0.15, 0.2) is 36.4 Å². The molecule has 1 N–H and O–H groups in total. The van der Waals surface area contributed by atoms with E-state index in [1.54, 1.807) is 0 Å². The number of hydrogen-bond donors (Lipinski definition) is 1. The van der Waals surface area contributed by atoms with E-state index in [1.165, 1.54) is 11.1 Å². The minimum Gasteiger partial charge on any atom is -0.456 e. The lowest BCUT2D eigenvalue weighted by atomic mass is 10.1. The normalized spacial score (nSPS) is 12.2. The molecule has 0 aliphatic heterocycles. The van der Waals surface area contributed by atoms with Gasteiger partial charge in [-0.25, -0.2) is 0 Å². The molecule has 1 unspecified atom stereocenters. The van der Waals surface area contributed by atoms with Crippen LogP contribution in [0.4, 0.5) is 0 Å². The van der Waals surface area contributed by atoms with Crippen molar-refractivity contribution >= 4 is 11.6 Å². The van der Waals surface area contributed by atoms with Crippen molar-refractivity contribution in [1.82, 2.24) is 5.32 Å². The van der Waals surface area contributed by atoms with Gasteiger partial charge in [0.25, 0.3) is 0 Å². The Balaban J connectivity index is 2.23. The monoisotopic (exact) mass is 289 g/mol. The Labute approximate surface area is 125 Å². The van der Waals surface area contributed by atoms with Gasteiger partial charge in [0.05, 0.1) is 5.02 Å². The van der Waals surface area contributed by atoms with Crippen molar-refractivity contribution in [2.75, 3.05) is 7.05 Å². The number of nitrogens with one attached hydrogen (secondary N) is 1. The second-order valence-corrected chi connectivity index (χ2v) is 5.46. The van der Waals surface area contributed by atoms with Gasteiger partial charge in [-0.2, -0.15) is 0 Å². The molecule has 20 heavy (non-hydrogen) atoms. The van der Waals surface area contributed by atoms with E-state index in [0.29, 0.717) is 10.8 Å². The van der Waals surface area contributed by atoms with Gasteiger partial charge in [0, 0.05) is 6.04 Å². The van der Waals surface area contributed by atoms with Gasteiger partial charge in [0.15, 0.2) is 0 Å². The number of benzene rings is 2. The first kappa shape index (κ1) is 14.9. The van der Waals surface area contributed by atoms with Crippen molar-refractivity contribution < 1.29 is 4.74 Å². The summed E-state index contributed by atoms with van der Waals surface area (Å²) in [5.41, 5.74) is 3.60. The van der Waals surface area contributed by atoms with Crippen molar-refractivity contribution in [2.45, 2.75) is 26.8 Å². The zero-order chi connectivity index (χ0) is 14.7. The predicted octanol–water partition coefficient (Wildman–Crippen LogP) is 5.03. The molecule has 0 radical (unpaired) electrons. The van der Waals surface area contributed by atoms with Crippen molar-refractivity contribution in [3.8, 4) is 11.5 Å². The predicted molar refractivity (Wildman–Crippen MR) is 84.9 cm³/mol. The van der Waals surface area contributed by atoms with Crippen LogP contribution in [0, 0.1) is 13.8 Å². The summed E-state index contributed by atoms with van der Waals surface area (Å²) < 4.78 is 5.86. The smallest absolute Gasteiger partial charge is 0.146 e. The Morgan fingerprint density at radius 2 is 1.80 bits per heavy atom. The standard InChI is InChI=1S/C17H20ClNO/c1-11-5-7-15(9-12(11)2)20-17-8-6-14(10-16(17)18)13(3)19-4/h5-10,13,19H,1-4H3. The maximum Gasteiger partial charge on any atom is 0.146 e. The van der Waals surface area contributed by atoms with E-state index >= 15 is 0 Å². The van der Waals surface area contributed by atoms with E-state index in [0.717, 1.165) is 11.3 Å². The quantitative estimate of drug-likeness (QED) is 0.852. The lowest BCUT2D eigenvalue weighted by Crippen LogP contribution is -2.12. The molecule has 0 bridgehead atoms. The summed E-state index contributed by atoms with van der Waals surface area (Å²) in [7, 11) is 1.93. The highest BCUT2D eigenvalue weighted by Crippen LogP contribution is 2.32. The molecule has 0 aliphatic carbocycles. The minimum absolute atomic E-state index is 0.267. The number of hydrogen-bond acceptors (Lipinski definition) is 2. The number of aryl methyl sites for hydroxylation is 2. The number of rotatable bonds is 4.